The Bertz CT molecular complexity index is 1010. The lowest BCUT2D eigenvalue weighted by atomic mass is 10.00. The predicted molar refractivity (Wildman–Crippen MR) is 103 cm³/mol. The fourth-order valence-electron chi connectivity index (χ4n) is 3.25. The summed E-state index contributed by atoms with van der Waals surface area (Å²) in [7, 11) is 1.56. The van der Waals surface area contributed by atoms with E-state index in [-0.39, 0.29) is 17.4 Å². The molecule has 8 heteroatoms. The standard InChI is InChI=1S/C20H18N4O4/c1-27-16-6-8-17(9-7-16)28-20-18(24(25)26)19(21-13-22-20)23-11-10-14-4-2-3-5-15(14)12-23/h2-9,13H,10-12H2,1H3. The minimum atomic E-state index is -0.491. The molecule has 1 aromatic heterocycles. The van der Waals surface area contributed by atoms with Crippen molar-refractivity contribution in [1.29, 1.82) is 0 Å². The number of nitro groups is 1. The summed E-state index contributed by atoms with van der Waals surface area (Å²) in [6.07, 6.45) is 2.09. The smallest absolute Gasteiger partial charge is 0.373 e. The van der Waals surface area contributed by atoms with Crippen LogP contribution in [0.4, 0.5) is 11.5 Å². The second-order valence-electron chi connectivity index (χ2n) is 6.33. The second-order valence-corrected chi connectivity index (χ2v) is 6.33. The first-order valence-electron chi connectivity index (χ1n) is 8.78. The third kappa shape index (κ3) is 3.44. The molecule has 28 heavy (non-hydrogen) atoms. The number of benzene rings is 2. The number of hydrogen-bond donors (Lipinski definition) is 0. The third-order valence-electron chi connectivity index (χ3n) is 4.66. The molecule has 0 fully saturated rings. The number of hydrogen-bond acceptors (Lipinski definition) is 7. The van der Waals surface area contributed by atoms with Crippen LogP contribution < -0.4 is 14.4 Å². The van der Waals surface area contributed by atoms with Crippen LogP contribution >= 0.6 is 0 Å². The largest absolute Gasteiger partial charge is 0.497 e. The molecule has 0 saturated heterocycles. The van der Waals surface area contributed by atoms with Crippen molar-refractivity contribution in [2.75, 3.05) is 18.6 Å². The molecular weight excluding hydrogens is 360 g/mol. The molecule has 0 N–H and O–H groups in total. The van der Waals surface area contributed by atoms with Gasteiger partial charge in [-0.1, -0.05) is 24.3 Å². The number of nitrogens with zero attached hydrogens (tertiary/aromatic N) is 4. The molecule has 0 spiro atoms. The van der Waals surface area contributed by atoms with Crippen molar-refractivity contribution in [1.82, 2.24) is 9.97 Å². The van der Waals surface area contributed by atoms with E-state index in [4.69, 9.17) is 9.47 Å². The van der Waals surface area contributed by atoms with Gasteiger partial charge in [-0.2, -0.15) is 4.98 Å². The molecule has 2 heterocycles. The van der Waals surface area contributed by atoms with Crippen molar-refractivity contribution < 1.29 is 14.4 Å². The van der Waals surface area contributed by atoms with Crippen LogP contribution in [0.3, 0.4) is 0 Å². The Morgan fingerprint density at radius 3 is 2.46 bits per heavy atom. The van der Waals surface area contributed by atoms with Crippen LogP contribution in [0.15, 0.2) is 54.9 Å². The highest BCUT2D eigenvalue weighted by molar-refractivity contribution is 5.64. The summed E-state index contributed by atoms with van der Waals surface area (Å²) in [6, 6.07) is 14.8. The first-order chi connectivity index (χ1) is 13.7. The lowest BCUT2D eigenvalue weighted by molar-refractivity contribution is -0.385. The van der Waals surface area contributed by atoms with E-state index in [1.54, 1.807) is 31.4 Å². The summed E-state index contributed by atoms with van der Waals surface area (Å²) in [4.78, 5) is 21.4. The van der Waals surface area contributed by atoms with Gasteiger partial charge in [0.15, 0.2) is 0 Å². The molecule has 8 nitrogen and oxygen atoms in total. The highest BCUT2D eigenvalue weighted by atomic mass is 16.6. The second kappa shape index (κ2) is 7.51. The number of fused-ring (bicyclic) bond motifs is 1. The van der Waals surface area contributed by atoms with E-state index < -0.39 is 4.92 Å². The number of anilines is 1. The molecule has 0 radical (unpaired) electrons. The van der Waals surface area contributed by atoms with Gasteiger partial charge in [-0.3, -0.25) is 10.1 Å². The van der Waals surface area contributed by atoms with Crippen LogP contribution in [0.2, 0.25) is 0 Å². The minimum absolute atomic E-state index is 0.0842. The van der Waals surface area contributed by atoms with Crippen LogP contribution in [0, 0.1) is 10.1 Å². The first-order valence-corrected chi connectivity index (χ1v) is 8.78. The van der Waals surface area contributed by atoms with E-state index in [0.29, 0.717) is 24.6 Å². The molecule has 0 atom stereocenters. The van der Waals surface area contributed by atoms with Crippen molar-refractivity contribution in [3.63, 3.8) is 0 Å². The average molecular weight is 378 g/mol. The quantitative estimate of drug-likeness (QED) is 0.493. The molecule has 142 valence electrons. The van der Waals surface area contributed by atoms with Gasteiger partial charge in [-0.15, -0.1) is 0 Å². The third-order valence-corrected chi connectivity index (χ3v) is 4.66. The Labute approximate surface area is 161 Å². The van der Waals surface area contributed by atoms with Gasteiger partial charge >= 0.3 is 11.6 Å². The first kappa shape index (κ1) is 17.7. The van der Waals surface area contributed by atoms with Gasteiger partial charge in [-0.05, 0) is 41.8 Å². The zero-order chi connectivity index (χ0) is 19.5. The zero-order valence-electron chi connectivity index (χ0n) is 15.2. The fourth-order valence-corrected chi connectivity index (χ4v) is 3.25. The Hall–Kier alpha value is -3.68. The number of ether oxygens (including phenoxy) is 2. The van der Waals surface area contributed by atoms with Crippen LogP contribution in [0.1, 0.15) is 11.1 Å². The van der Waals surface area contributed by atoms with Gasteiger partial charge < -0.3 is 14.4 Å². The summed E-state index contributed by atoms with van der Waals surface area (Å²) in [6.45, 7) is 1.19. The van der Waals surface area contributed by atoms with E-state index in [2.05, 4.69) is 16.0 Å². The van der Waals surface area contributed by atoms with E-state index in [1.807, 2.05) is 23.1 Å². The fraction of sp³-hybridized carbons (Fsp3) is 0.200. The molecule has 1 aliphatic rings. The monoisotopic (exact) mass is 378 g/mol. The average Bonchev–Trinajstić information content (AvgIpc) is 2.73. The van der Waals surface area contributed by atoms with E-state index in [1.165, 1.54) is 11.9 Å². The molecular formula is C20H18N4O4. The maximum Gasteiger partial charge on any atom is 0.373 e. The normalized spacial score (nSPS) is 13.0. The van der Waals surface area contributed by atoms with Gasteiger partial charge in [0.2, 0.25) is 5.82 Å². The van der Waals surface area contributed by atoms with E-state index >= 15 is 0 Å². The molecule has 0 amide bonds. The zero-order valence-corrected chi connectivity index (χ0v) is 15.2. The molecule has 3 aromatic rings. The van der Waals surface area contributed by atoms with Crippen molar-refractivity contribution in [2.24, 2.45) is 0 Å². The predicted octanol–water partition coefficient (Wildman–Crippen LogP) is 3.75. The lowest BCUT2D eigenvalue weighted by Crippen LogP contribution is -2.31. The Kier molecular flexibility index (Phi) is 4.76. The highest BCUT2D eigenvalue weighted by Gasteiger charge is 2.30. The SMILES string of the molecule is COc1ccc(Oc2ncnc(N3CCc4ccccc4C3)c2[N+](=O)[O-])cc1. The maximum atomic E-state index is 11.8. The summed E-state index contributed by atoms with van der Waals surface area (Å²) >= 11 is 0. The summed E-state index contributed by atoms with van der Waals surface area (Å²) in [5.41, 5.74) is 2.15. The number of rotatable bonds is 5. The highest BCUT2D eigenvalue weighted by Crippen LogP contribution is 2.37. The van der Waals surface area contributed by atoms with Crippen LogP contribution in [-0.4, -0.2) is 28.5 Å². The van der Waals surface area contributed by atoms with Crippen molar-refractivity contribution in [3.05, 3.63) is 76.1 Å². The van der Waals surface area contributed by atoms with Crippen molar-refractivity contribution >= 4 is 11.5 Å². The topological polar surface area (TPSA) is 90.6 Å². The number of methoxy groups -OCH3 is 1. The van der Waals surface area contributed by atoms with E-state index in [0.717, 1.165) is 12.0 Å². The van der Waals surface area contributed by atoms with Crippen LogP contribution in [0.5, 0.6) is 17.4 Å². The van der Waals surface area contributed by atoms with Gasteiger partial charge in [0.05, 0.1) is 12.0 Å². The summed E-state index contributed by atoms with van der Waals surface area (Å²) in [5, 5.41) is 11.8. The molecule has 1 aliphatic heterocycles. The van der Waals surface area contributed by atoms with Crippen molar-refractivity contribution in [2.45, 2.75) is 13.0 Å². The molecule has 0 unspecified atom stereocenters. The van der Waals surface area contributed by atoms with Crippen LogP contribution in [-0.2, 0) is 13.0 Å². The van der Waals surface area contributed by atoms with E-state index in [9.17, 15) is 10.1 Å². The molecule has 0 saturated carbocycles. The van der Waals surface area contributed by atoms with Gasteiger partial charge in [0, 0.05) is 13.1 Å². The van der Waals surface area contributed by atoms with Gasteiger partial charge in [0.1, 0.15) is 17.8 Å². The molecule has 2 aromatic carbocycles. The minimum Gasteiger partial charge on any atom is -0.497 e. The molecule has 4 rings (SSSR count). The molecule has 0 aliphatic carbocycles. The maximum absolute atomic E-state index is 11.8. The summed E-state index contributed by atoms with van der Waals surface area (Å²) < 4.78 is 10.8. The van der Waals surface area contributed by atoms with Gasteiger partial charge in [0.25, 0.3) is 0 Å². The Morgan fingerprint density at radius 2 is 1.75 bits per heavy atom. The Balaban J connectivity index is 1.67. The van der Waals surface area contributed by atoms with Gasteiger partial charge in [-0.25, -0.2) is 4.98 Å². The lowest BCUT2D eigenvalue weighted by Gasteiger charge is -2.29. The van der Waals surface area contributed by atoms with Crippen LogP contribution in [0.25, 0.3) is 0 Å². The summed E-state index contributed by atoms with van der Waals surface area (Å²) in [5.74, 6) is 1.27. The van der Waals surface area contributed by atoms with Crippen molar-refractivity contribution in [3.8, 4) is 17.4 Å². The molecule has 0 bridgehead atoms. The number of aromatic nitrogens is 2. The Morgan fingerprint density at radius 1 is 1.04 bits per heavy atom.